The van der Waals surface area contributed by atoms with Crippen molar-refractivity contribution in [3.63, 3.8) is 0 Å². The molecule has 3 heteroatoms. The van der Waals surface area contributed by atoms with E-state index in [0.717, 1.165) is 22.1 Å². The second-order valence-corrected chi connectivity index (χ2v) is 6.32. The minimum atomic E-state index is 0.0145. The highest BCUT2D eigenvalue weighted by Gasteiger charge is 2.11. The van der Waals surface area contributed by atoms with Crippen molar-refractivity contribution in [2.75, 3.05) is 6.54 Å². The molecule has 0 saturated heterocycles. The van der Waals surface area contributed by atoms with Gasteiger partial charge in [-0.3, -0.25) is 4.79 Å². The minimum Gasteiger partial charge on any atom is -0.352 e. The van der Waals surface area contributed by atoms with E-state index in [2.05, 4.69) is 48.7 Å². The van der Waals surface area contributed by atoms with E-state index in [1.807, 2.05) is 24.3 Å². The average Bonchev–Trinajstić information content (AvgIpc) is 2.16. The van der Waals surface area contributed by atoms with E-state index in [4.69, 9.17) is 0 Å². The zero-order valence-corrected chi connectivity index (χ0v) is 12.2. The van der Waals surface area contributed by atoms with Gasteiger partial charge in [0.05, 0.1) is 0 Å². The highest BCUT2D eigenvalue weighted by atomic mass is 127. The first-order valence-corrected chi connectivity index (χ1v) is 6.50. The third-order valence-corrected chi connectivity index (χ3v) is 2.99. The van der Waals surface area contributed by atoms with Crippen molar-refractivity contribution >= 4 is 28.5 Å². The number of carbonyl (C=O) groups excluding carboxylic acids is 1. The van der Waals surface area contributed by atoms with Gasteiger partial charge in [-0.15, -0.1) is 0 Å². The fraction of sp³-hybridized carbons (Fsp3) is 0.462. The van der Waals surface area contributed by atoms with Crippen LogP contribution in [0.5, 0.6) is 0 Å². The fourth-order valence-electron chi connectivity index (χ4n) is 1.25. The van der Waals surface area contributed by atoms with Crippen molar-refractivity contribution in [1.29, 1.82) is 0 Å². The van der Waals surface area contributed by atoms with Crippen molar-refractivity contribution in [3.8, 4) is 0 Å². The Balaban J connectivity index is 2.44. The Labute approximate surface area is 111 Å². The van der Waals surface area contributed by atoms with Crippen molar-refractivity contribution < 1.29 is 4.79 Å². The average molecular weight is 331 g/mol. The maximum Gasteiger partial charge on any atom is 0.251 e. The molecule has 1 N–H and O–H groups in total. The van der Waals surface area contributed by atoms with E-state index in [1.165, 1.54) is 0 Å². The second-order valence-electron chi connectivity index (χ2n) is 5.07. The first-order chi connectivity index (χ1) is 7.38. The zero-order chi connectivity index (χ0) is 12.2. The molecule has 0 aliphatic heterocycles. The Morgan fingerprint density at radius 2 is 1.81 bits per heavy atom. The van der Waals surface area contributed by atoms with Gasteiger partial charge < -0.3 is 5.32 Å². The first kappa shape index (κ1) is 13.5. The molecule has 1 amide bonds. The normalized spacial score (nSPS) is 11.2. The summed E-state index contributed by atoms with van der Waals surface area (Å²) < 4.78 is 1.14. The first-order valence-electron chi connectivity index (χ1n) is 5.42. The standard InChI is InChI=1S/C13H18INO/c1-13(2,3)8-9-15-12(16)10-4-6-11(14)7-5-10/h4-7H,8-9H2,1-3H3,(H,15,16). The van der Waals surface area contributed by atoms with Gasteiger partial charge in [0.1, 0.15) is 0 Å². The van der Waals surface area contributed by atoms with Gasteiger partial charge in [-0.05, 0) is 58.7 Å². The van der Waals surface area contributed by atoms with Crippen LogP contribution in [0.2, 0.25) is 0 Å². The molecular weight excluding hydrogens is 313 g/mol. The lowest BCUT2D eigenvalue weighted by Gasteiger charge is -2.17. The molecule has 0 atom stereocenters. The Bertz CT molecular complexity index is 351. The zero-order valence-electron chi connectivity index (χ0n) is 10.0. The van der Waals surface area contributed by atoms with Gasteiger partial charge >= 0.3 is 0 Å². The van der Waals surface area contributed by atoms with Crippen LogP contribution < -0.4 is 5.32 Å². The van der Waals surface area contributed by atoms with E-state index in [-0.39, 0.29) is 11.3 Å². The number of nitrogens with one attached hydrogen (secondary N) is 1. The van der Waals surface area contributed by atoms with Crippen LogP contribution in [0.15, 0.2) is 24.3 Å². The monoisotopic (exact) mass is 331 g/mol. The SMILES string of the molecule is CC(C)(C)CCNC(=O)c1ccc(I)cc1. The van der Waals surface area contributed by atoms with Gasteiger partial charge in [0.25, 0.3) is 5.91 Å². The molecule has 0 radical (unpaired) electrons. The Morgan fingerprint density at radius 3 is 2.31 bits per heavy atom. The molecule has 0 saturated carbocycles. The van der Waals surface area contributed by atoms with Crippen LogP contribution in [-0.4, -0.2) is 12.5 Å². The summed E-state index contributed by atoms with van der Waals surface area (Å²) in [6, 6.07) is 7.60. The molecule has 2 nitrogen and oxygen atoms in total. The molecule has 0 bridgehead atoms. The van der Waals surface area contributed by atoms with Crippen LogP contribution in [0.3, 0.4) is 0 Å². The summed E-state index contributed by atoms with van der Waals surface area (Å²) in [4.78, 5) is 11.7. The topological polar surface area (TPSA) is 29.1 Å². The highest BCUT2D eigenvalue weighted by molar-refractivity contribution is 14.1. The van der Waals surface area contributed by atoms with Gasteiger partial charge in [0.15, 0.2) is 0 Å². The molecular formula is C13H18INO. The molecule has 0 heterocycles. The molecule has 1 aromatic rings. The van der Waals surface area contributed by atoms with E-state index in [1.54, 1.807) is 0 Å². The summed E-state index contributed by atoms with van der Waals surface area (Å²) in [5.74, 6) is 0.0145. The third kappa shape index (κ3) is 4.96. The maximum absolute atomic E-state index is 11.7. The summed E-state index contributed by atoms with van der Waals surface area (Å²) >= 11 is 2.23. The van der Waals surface area contributed by atoms with Crippen molar-refractivity contribution in [1.82, 2.24) is 5.32 Å². The van der Waals surface area contributed by atoms with Crippen LogP contribution in [0, 0.1) is 8.99 Å². The minimum absolute atomic E-state index is 0.0145. The Kier molecular flexibility index (Phi) is 4.77. The molecule has 0 aliphatic carbocycles. The quantitative estimate of drug-likeness (QED) is 0.845. The number of benzene rings is 1. The smallest absolute Gasteiger partial charge is 0.251 e. The largest absolute Gasteiger partial charge is 0.352 e. The number of amides is 1. The summed E-state index contributed by atoms with van der Waals surface area (Å²) in [5, 5.41) is 2.93. The molecule has 0 aliphatic rings. The summed E-state index contributed by atoms with van der Waals surface area (Å²) in [6.07, 6.45) is 0.989. The lowest BCUT2D eigenvalue weighted by molar-refractivity contribution is 0.0949. The molecule has 0 spiro atoms. The fourth-order valence-corrected chi connectivity index (χ4v) is 1.61. The van der Waals surface area contributed by atoms with Gasteiger partial charge in [-0.25, -0.2) is 0 Å². The molecule has 16 heavy (non-hydrogen) atoms. The summed E-state index contributed by atoms with van der Waals surface area (Å²) in [5.41, 5.74) is 0.994. The molecule has 0 aromatic heterocycles. The van der Waals surface area contributed by atoms with Crippen LogP contribution in [0.1, 0.15) is 37.6 Å². The van der Waals surface area contributed by atoms with Crippen LogP contribution >= 0.6 is 22.6 Å². The van der Waals surface area contributed by atoms with Crippen LogP contribution in [0.4, 0.5) is 0 Å². The summed E-state index contributed by atoms with van der Waals surface area (Å²) in [7, 11) is 0. The molecule has 1 aromatic carbocycles. The van der Waals surface area contributed by atoms with Crippen molar-refractivity contribution in [3.05, 3.63) is 33.4 Å². The van der Waals surface area contributed by atoms with Crippen LogP contribution in [-0.2, 0) is 0 Å². The van der Waals surface area contributed by atoms with Gasteiger partial charge in [0.2, 0.25) is 0 Å². The van der Waals surface area contributed by atoms with E-state index >= 15 is 0 Å². The van der Waals surface area contributed by atoms with Crippen LogP contribution in [0.25, 0.3) is 0 Å². The summed E-state index contributed by atoms with van der Waals surface area (Å²) in [6.45, 7) is 7.24. The number of halogens is 1. The predicted molar refractivity (Wildman–Crippen MR) is 75.6 cm³/mol. The number of hydrogen-bond acceptors (Lipinski definition) is 1. The lowest BCUT2D eigenvalue weighted by Crippen LogP contribution is -2.27. The Hall–Kier alpha value is -0.580. The molecule has 88 valence electrons. The molecule has 0 unspecified atom stereocenters. The number of hydrogen-bond donors (Lipinski definition) is 1. The predicted octanol–water partition coefficient (Wildman–Crippen LogP) is 3.46. The van der Waals surface area contributed by atoms with E-state index in [0.29, 0.717) is 0 Å². The van der Waals surface area contributed by atoms with Crippen molar-refractivity contribution in [2.24, 2.45) is 5.41 Å². The Morgan fingerprint density at radius 1 is 1.25 bits per heavy atom. The van der Waals surface area contributed by atoms with E-state index < -0.39 is 0 Å². The van der Waals surface area contributed by atoms with Crippen molar-refractivity contribution in [2.45, 2.75) is 27.2 Å². The van der Waals surface area contributed by atoms with E-state index in [9.17, 15) is 4.79 Å². The van der Waals surface area contributed by atoms with Gasteiger partial charge in [-0.1, -0.05) is 20.8 Å². The number of rotatable bonds is 3. The number of carbonyl (C=O) groups is 1. The maximum atomic E-state index is 11.7. The third-order valence-electron chi connectivity index (χ3n) is 2.27. The van der Waals surface area contributed by atoms with Gasteiger partial charge in [0, 0.05) is 15.7 Å². The molecule has 1 rings (SSSR count). The highest BCUT2D eigenvalue weighted by Crippen LogP contribution is 2.17. The van der Waals surface area contributed by atoms with Gasteiger partial charge in [-0.2, -0.15) is 0 Å². The lowest BCUT2D eigenvalue weighted by atomic mass is 9.92. The second kappa shape index (κ2) is 5.66. The molecule has 0 fully saturated rings.